The maximum atomic E-state index is 13.3. The number of nitrogens with zero attached hydrogens (tertiary/aromatic N) is 6. The molecule has 156 valence electrons. The zero-order valence-corrected chi connectivity index (χ0v) is 17.8. The first kappa shape index (κ1) is 19.9. The summed E-state index contributed by atoms with van der Waals surface area (Å²) < 4.78 is 11.1. The average Bonchev–Trinajstić information content (AvgIpc) is 3.33. The molecule has 0 aliphatic heterocycles. The minimum absolute atomic E-state index is 0.189. The molecule has 1 aromatic carbocycles. The molecule has 30 heavy (non-hydrogen) atoms. The third kappa shape index (κ3) is 3.28. The van der Waals surface area contributed by atoms with Crippen LogP contribution < -0.4 is 10.3 Å². The molecule has 8 heteroatoms. The van der Waals surface area contributed by atoms with Crippen molar-refractivity contribution in [2.45, 2.75) is 33.1 Å². The van der Waals surface area contributed by atoms with E-state index in [1.165, 1.54) is 0 Å². The second kappa shape index (κ2) is 8.14. The van der Waals surface area contributed by atoms with Crippen molar-refractivity contribution in [2.75, 3.05) is 6.61 Å². The SMILES string of the molecule is CCCOc1ccccc1-c1nc2c(CCC)n(-c3nccn3C)nc2c(=O)n1C. The van der Waals surface area contributed by atoms with Crippen LogP contribution in [-0.2, 0) is 20.5 Å². The minimum atomic E-state index is -0.189. The zero-order valence-electron chi connectivity index (χ0n) is 17.8. The number of hydrogen-bond donors (Lipinski definition) is 0. The first-order valence-electron chi connectivity index (χ1n) is 10.2. The van der Waals surface area contributed by atoms with Crippen LogP contribution in [0.15, 0.2) is 41.5 Å². The molecule has 4 aromatic rings. The summed E-state index contributed by atoms with van der Waals surface area (Å²) in [5.74, 6) is 1.94. The lowest BCUT2D eigenvalue weighted by molar-refractivity contribution is 0.318. The Morgan fingerprint density at radius 2 is 1.87 bits per heavy atom. The van der Waals surface area contributed by atoms with Gasteiger partial charge in [-0.15, -0.1) is 0 Å². The van der Waals surface area contributed by atoms with E-state index in [1.54, 1.807) is 22.5 Å². The van der Waals surface area contributed by atoms with Gasteiger partial charge in [0, 0.05) is 26.5 Å². The number of aromatic nitrogens is 6. The standard InChI is InChI=1S/C22H26N6O2/c1-5-9-16-18-19(25-28(16)22-23-12-13-26(22)3)21(29)27(4)20(24-18)15-10-7-8-11-17(15)30-14-6-2/h7-8,10-13H,5-6,9,14H2,1-4H3. The molecule has 3 aromatic heterocycles. The van der Waals surface area contributed by atoms with Gasteiger partial charge < -0.3 is 9.30 Å². The maximum Gasteiger partial charge on any atom is 0.281 e. The molecule has 0 atom stereocenters. The van der Waals surface area contributed by atoms with E-state index in [1.807, 2.05) is 42.1 Å². The van der Waals surface area contributed by atoms with Crippen LogP contribution in [0, 0.1) is 0 Å². The van der Waals surface area contributed by atoms with Gasteiger partial charge in [-0.1, -0.05) is 32.4 Å². The third-order valence-electron chi connectivity index (χ3n) is 5.06. The Hall–Kier alpha value is -3.42. The fraction of sp³-hybridized carbons (Fsp3) is 0.364. The fourth-order valence-corrected chi connectivity index (χ4v) is 3.56. The topological polar surface area (TPSA) is 79.8 Å². The van der Waals surface area contributed by atoms with Crippen LogP contribution in [0.2, 0.25) is 0 Å². The number of para-hydroxylation sites is 1. The highest BCUT2D eigenvalue weighted by Gasteiger charge is 2.22. The monoisotopic (exact) mass is 406 g/mol. The maximum absolute atomic E-state index is 13.3. The number of rotatable bonds is 7. The van der Waals surface area contributed by atoms with E-state index in [-0.39, 0.29) is 5.56 Å². The van der Waals surface area contributed by atoms with Crippen molar-refractivity contribution in [3.8, 4) is 23.1 Å². The Morgan fingerprint density at radius 3 is 2.57 bits per heavy atom. The molecule has 3 heterocycles. The van der Waals surface area contributed by atoms with E-state index in [0.29, 0.717) is 29.4 Å². The predicted molar refractivity (Wildman–Crippen MR) is 116 cm³/mol. The van der Waals surface area contributed by atoms with E-state index in [4.69, 9.17) is 9.72 Å². The second-order valence-corrected chi connectivity index (χ2v) is 7.29. The van der Waals surface area contributed by atoms with Gasteiger partial charge in [0.2, 0.25) is 5.95 Å². The zero-order chi connectivity index (χ0) is 21.3. The highest BCUT2D eigenvalue weighted by Crippen LogP contribution is 2.29. The van der Waals surface area contributed by atoms with Crippen LogP contribution in [0.1, 0.15) is 32.4 Å². The quantitative estimate of drug-likeness (QED) is 0.471. The number of benzene rings is 1. The molecule has 0 spiro atoms. The van der Waals surface area contributed by atoms with Gasteiger partial charge in [0.25, 0.3) is 5.56 Å². The molecule has 0 aliphatic carbocycles. The van der Waals surface area contributed by atoms with Crippen molar-refractivity contribution in [1.82, 2.24) is 28.9 Å². The van der Waals surface area contributed by atoms with Crippen molar-refractivity contribution in [3.63, 3.8) is 0 Å². The summed E-state index contributed by atoms with van der Waals surface area (Å²) in [7, 11) is 3.63. The van der Waals surface area contributed by atoms with Crippen molar-refractivity contribution >= 4 is 11.0 Å². The number of imidazole rings is 1. The summed E-state index contributed by atoms with van der Waals surface area (Å²) in [6, 6.07) is 7.69. The molecule has 0 fully saturated rings. The van der Waals surface area contributed by atoms with Gasteiger partial charge in [0.15, 0.2) is 5.52 Å². The molecule has 4 rings (SSSR count). The van der Waals surface area contributed by atoms with Crippen LogP contribution in [0.3, 0.4) is 0 Å². The lowest BCUT2D eigenvalue weighted by Crippen LogP contribution is -2.20. The summed E-state index contributed by atoms with van der Waals surface area (Å²) >= 11 is 0. The first-order chi connectivity index (χ1) is 14.6. The van der Waals surface area contributed by atoms with Crippen LogP contribution in [0.4, 0.5) is 0 Å². The van der Waals surface area contributed by atoms with Gasteiger partial charge >= 0.3 is 0 Å². The lowest BCUT2D eigenvalue weighted by atomic mass is 10.1. The summed E-state index contributed by atoms with van der Waals surface area (Å²) in [5.41, 5.74) is 2.45. The molecule has 0 saturated carbocycles. The Bertz CT molecular complexity index is 1250. The number of ether oxygens (including phenoxy) is 1. The van der Waals surface area contributed by atoms with Crippen molar-refractivity contribution in [1.29, 1.82) is 0 Å². The Balaban J connectivity index is 1.99. The molecular formula is C22H26N6O2. The van der Waals surface area contributed by atoms with E-state index in [0.717, 1.165) is 36.3 Å². The molecule has 8 nitrogen and oxygen atoms in total. The van der Waals surface area contributed by atoms with Crippen LogP contribution in [-0.4, -0.2) is 35.5 Å². The molecule has 0 bridgehead atoms. The van der Waals surface area contributed by atoms with Gasteiger partial charge in [-0.3, -0.25) is 9.36 Å². The second-order valence-electron chi connectivity index (χ2n) is 7.29. The van der Waals surface area contributed by atoms with Gasteiger partial charge in [-0.05, 0) is 25.0 Å². The van der Waals surface area contributed by atoms with E-state index in [2.05, 4.69) is 23.9 Å². The Morgan fingerprint density at radius 1 is 1.07 bits per heavy atom. The van der Waals surface area contributed by atoms with Crippen molar-refractivity contribution in [2.24, 2.45) is 14.1 Å². The highest BCUT2D eigenvalue weighted by atomic mass is 16.5. The summed E-state index contributed by atoms with van der Waals surface area (Å²) in [5, 5.41) is 4.61. The number of fused-ring (bicyclic) bond motifs is 1. The molecule has 0 N–H and O–H groups in total. The van der Waals surface area contributed by atoms with Crippen molar-refractivity contribution < 1.29 is 4.74 Å². The van der Waals surface area contributed by atoms with E-state index >= 15 is 0 Å². The van der Waals surface area contributed by atoms with Crippen LogP contribution >= 0.6 is 0 Å². The smallest absolute Gasteiger partial charge is 0.281 e. The summed E-state index contributed by atoms with van der Waals surface area (Å²) in [6.07, 6.45) is 6.10. The predicted octanol–water partition coefficient (Wildman–Crippen LogP) is 3.26. The van der Waals surface area contributed by atoms with Gasteiger partial charge in [-0.25, -0.2) is 14.6 Å². The largest absolute Gasteiger partial charge is 0.493 e. The third-order valence-corrected chi connectivity index (χ3v) is 5.06. The highest BCUT2D eigenvalue weighted by molar-refractivity contribution is 5.80. The minimum Gasteiger partial charge on any atom is -0.493 e. The fourth-order valence-electron chi connectivity index (χ4n) is 3.56. The molecule has 0 saturated heterocycles. The van der Waals surface area contributed by atoms with Crippen LogP contribution in [0.5, 0.6) is 5.75 Å². The van der Waals surface area contributed by atoms with E-state index in [9.17, 15) is 4.79 Å². The molecule has 0 radical (unpaired) electrons. The van der Waals surface area contributed by atoms with Gasteiger partial charge in [-0.2, -0.15) is 5.10 Å². The average molecular weight is 406 g/mol. The Kier molecular flexibility index (Phi) is 5.39. The number of aryl methyl sites for hydroxylation is 2. The first-order valence-corrected chi connectivity index (χ1v) is 10.2. The molecule has 0 unspecified atom stereocenters. The summed E-state index contributed by atoms with van der Waals surface area (Å²) in [4.78, 5) is 22.6. The molecule has 0 aliphatic rings. The Labute approximate surface area is 174 Å². The lowest BCUT2D eigenvalue weighted by Gasteiger charge is -2.13. The normalized spacial score (nSPS) is 11.3. The van der Waals surface area contributed by atoms with Gasteiger partial charge in [0.05, 0.1) is 17.9 Å². The van der Waals surface area contributed by atoms with Gasteiger partial charge in [0.1, 0.15) is 17.1 Å². The van der Waals surface area contributed by atoms with Crippen molar-refractivity contribution in [3.05, 3.63) is 52.7 Å². The summed E-state index contributed by atoms with van der Waals surface area (Å²) in [6.45, 7) is 4.76. The molecular weight excluding hydrogens is 380 g/mol. The molecule has 0 amide bonds. The van der Waals surface area contributed by atoms with Crippen LogP contribution in [0.25, 0.3) is 28.4 Å². The number of hydrogen-bond acceptors (Lipinski definition) is 5. The van der Waals surface area contributed by atoms with E-state index < -0.39 is 0 Å².